The topological polar surface area (TPSA) is 48.7 Å². The number of fused-ring (bicyclic) bond motifs is 1. The number of nitrogens with one attached hydrogen (secondary N) is 1. The molecule has 27 heavy (non-hydrogen) atoms. The summed E-state index contributed by atoms with van der Waals surface area (Å²) in [6.07, 6.45) is 6.11. The summed E-state index contributed by atoms with van der Waals surface area (Å²) in [7, 11) is 0. The van der Waals surface area contributed by atoms with E-state index in [1.807, 2.05) is 12.1 Å². The molecule has 5 heteroatoms. The SMILES string of the molecule is O=C(NCCN1CCCc2ccccc21)[C@@H]1CCCN(Cc2ccco2)C1. The molecule has 1 aromatic heterocycles. The van der Waals surface area contributed by atoms with Gasteiger partial charge >= 0.3 is 0 Å². The summed E-state index contributed by atoms with van der Waals surface area (Å²) in [6, 6.07) is 12.6. The third-order valence-electron chi connectivity index (χ3n) is 5.72. The summed E-state index contributed by atoms with van der Waals surface area (Å²) in [4.78, 5) is 17.4. The number of benzene rings is 1. The summed E-state index contributed by atoms with van der Waals surface area (Å²) in [6.45, 7) is 5.32. The number of furan rings is 1. The van der Waals surface area contributed by atoms with Crippen LogP contribution in [0.4, 0.5) is 5.69 Å². The third kappa shape index (κ3) is 4.53. The Morgan fingerprint density at radius 3 is 2.96 bits per heavy atom. The van der Waals surface area contributed by atoms with Crippen molar-refractivity contribution in [2.24, 2.45) is 5.92 Å². The molecule has 0 saturated carbocycles. The molecule has 1 N–H and O–H groups in total. The largest absolute Gasteiger partial charge is 0.468 e. The van der Waals surface area contributed by atoms with Crippen molar-refractivity contribution in [3.63, 3.8) is 0 Å². The van der Waals surface area contributed by atoms with E-state index in [0.717, 1.165) is 57.7 Å². The van der Waals surface area contributed by atoms with Gasteiger partial charge in [0.15, 0.2) is 0 Å². The Hall–Kier alpha value is -2.27. The van der Waals surface area contributed by atoms with E-state index in [9.17, 15) is 4.79 Å². The van der Waals surface area contributed by atoms with E-state index in [4.69, 9.17) is 4.42 Å². The van der Waals surface area contributed by atoms with E-state index in [1.54, 1.807) is 6.26 Å². The molecule has 2 aliphatic heterocycles. The minimum atomic E-state index is 0.0855. The number of hydrogen-bond acceptors (Lipinski definition) is 4. The molecule has 1 saturated heterocycles. The Kier molecular flexibility index (Phi) is 5.78. The van der Waals surface area contributed by atoms with Crippen molar-refractivity contribution in [2.75, 3.05) is 37.6 Å². The monoisotopic (exact) mass is 367 g/mol. The minimum absolute atomic E-state index is 0.0855. The lowest BCUT2D eigenvalue weighted by Crippen LogP contribution is -2.44. The summed E-state index contributed by atoms with van der Waals surface area (Å²) < 4.78 is 5.44. The summed E-state index contributed by atoms with van der Waals surface area (Å²) in [5.74, 6) is 1.26. The van der Waals surface area contributed by atoms with E-state index >= 15 is 0 Å². The van der Waals surface area contributed by atoms with Crippen molar-refractivity contribution in [2.45, 2.75) is 32.2 Å². The molecule has 0 bridgehead atoms. The van der Waals surface area contributed by atoms with Crippen molar-refractivity contribution in [3.05, 3.63) is 54.0 Å². The van der Waals surface area contributed by atoms with Gasteiger partial charge in [0.2, 0.25) is 5.91 Å². The van der Waals surface area contributed by atoms with Crippen molar-refractivity contribution in [1.82, 2.24) is 10.2 Å². The normalized spacial score (nSPS) is 20.3. The van der Waals surface area contributed by atoms with Crippen LogP contribution in [0.3, 0.4) is 0 Å². The highest BCUT2D eigenvalue weighted by molar-refractivity contribution is 5.79. The number of amides is 1. The van der Waals surface area contributed by atoms with Crippen LogP contribution >= 0.6 is 0 Å². The summed E-state index contributed by atoms with van der Waals surface area (Å²) >= 11 is 0. The van der Waals surface area contributed by atoms with Gasteiger partial charge in [0.25, 0.3) is 0 Å². The van der Waals surface area contributed by atoms with Gasteiger partial charge in [-0.25, -0.2) is 0 Å². The zero-order valence-electron chi connectivity index (χ0n) is 15.9. The number of para-hydroxylation sites is 1. The van der Waals surface area contributed by atoms with Gasteiger partial charge in [0.05, 0.1) is 18.7 Å². The van der Waals surface area contributed by atoms with Gasteiger partial charge in [0.1, 0.15) is 5.76 Å². The van der Waals surface area contributed by atoms with E-state index in [1.165, 1.54) is 17.7 Å². The Bertz CT molecular complexity index is 744. The van der Waals surface area contributed by atoms with Crippen LogP contribution in [0.1, 0.15) is 30.6 Å². The Labute approximate surface area is 161 Å². The first kappa shape index (κ1) is 18.1. The number of rotatable bonds is 6. The van der Waals surface area contributed by atoms with Crippen LogP contribution in [-0.4, -0.2) is 43.5 Å². The van der Waals surface area contributed by atoms with Crippen LogP contribution in [0.15, 0.2) is 47.1 Å². The fraction of sp³-hybridized carbons (Fsp3) is 0.500. The number of nitrogens with zero attached hydrogens (tertiary/aromatic N) is 2. The molecule has 144 valence electrons. The standard InChI is InChI=1S/C22H29N3O2/c26-22(19-8-3-12-24(16-19)17-20-9-5-15-27-20)23-11-14-25-13-4-7-18-6-1-2-10-21(18)25/h1-2,5-6,9-10,15,19H,3-4,7-8,11-14,16-17H2,(H,23,26)/t19-/m1/s1. The van der Waals surface area contributed by atoms with E-state index in [2.05, 4.69) is 39.4 Å². The molecule has 3 heterocycles. The first-order valence-electron chi connectivity index (χ1n) is 10.1. The van der Waals surface area contributed by atoms with E-state index in [-0.39, 0.29) is 11.8 Å². The second-order valence-electron chi connectivity index (χ2n) is 7.66. The van der Waals surface area contributed by atoms with Gasteiger partial charge < -0.3 is 14.6 Å². The smallest absolute Gasteiger partial charge is 0.224 e. The molecule has 1 atom stereocenters. The van der Waals surface area contributed by atoms with Gasteiger partial charge in [-0.2, -0.15) is 0 Å². The number of piperidine rings is 1. The molecule has 1 amide bonds. The number of carbonyl (C=O) groups excluding carboxylic acids is 1. The zero-order chi connectivity index (χ0) is 18.5. The Morgan fingerprint density at radius 2 is 2.07 bits per heavy atom. The maximum Gasteiger partial charge on any atom is 0.224 e. The van der Waals surface area contributed by atoms with Crippen LogP contribution in [-0.2, 0) is 17.8 Å². The molecule has 2 aromatic rings. The maximum absolute atomic E-state index is 12.7. The van der Waals surface area contributed by atoms with Gasteiger partial charge in [-0.1, -0.05) is 18.2 Å². The molecule has 0 radical (unpaired) electrons. The average molecular weight is 367 g/mol. The highest BCUT2D eigenvalue weighted by Gasteiger charge is 2.26. The summed E-state index contributed by atoms with van der Waals surface area (Å²) in [5.41, 5.74) is 2.76. The number of likely N-dealkylation sites (tertiary alicyclic amines) is 1. The van der Waals surface area contributed by atoms with E-state index < -0.39 is 0 Å². The third-order valence-corrected chi connectivity index (χ3v) is 5.72. The van der Waals surface area contributed by atoms with Gasteiger partial charge in [-0.15, -0.1) is 0 Å². The molecular weight excluding hydrogens is 338 g/mol. The van der Waals surface area contributed by atoms with Crippen LogP contribution in [0.25, 0.3) is 0 Å². The first-order valence-corrected chi connectivity index (χ1v) is 10.1. The van der Waals surface area contributed by atoms with Crippen LogP contribution in [0, 0.1) is 5.92 Å². The summed E-state index contributed by atoms with van der Waals surface area (Å²) in [5, 5.41) is 3.18. The van der Waals surface area contributed by atoms with Gasteiger partial charge in [0, 0.05) is 31.9 Å². The second-order valence-corrected chi connectivity index (χ2v) is 7.66. The molecule has 0 unspecified atom stereocenters. The fourth-order valence-electron chi connectivity index (χ4n) is 4.34. The quantitative estimate of drug-likeness (QED) is 0.853. The van der Waals surface area contributed by atoms with Crippen LogP contribution < -0.4 is 10.2 Å². The predicted molar refractivity (Wildman–Crippen MR) is 107 cm³/mol. The zero-order valence-corrected chi connectivity index (χ0v) is 15.9. The van der Waals surface area contributed by atoms with Crippen molar-refractivity contribution >= 4 is 11.6 Å². The molecule has 0 aliphatic carbocycles. The molecule has 1 aromatic carbocycles. The highest BCUT2D eigenvalue weighted by Crippen LogP contribution is 2.26. The number of aryl methyl sites for hydroxylation is 1. The minimum Gasteiger partial charge on any atom is -0.468 e. The second kappa shape index (κ2) is 8.61. The van der Waals surface area contributed by atoms with Crippen LogP contribution in [0.5, 0.6) is 0 Å². The Morgan fingerprint density at radius 1 is 1.15 bits per heavy atom. The van der Waals surface area contributed by atoms with E-state index in [0.29, 0.717) is 6.54 Å². The van der Waals surface area contributed by atoms with Crippen LogP contribution in [0.2, 0.25) is 0 Å². The number of hydrogen-bond donors (Lipinski definition) is 1. The highest BCUT2D eigenvalue weighted by atomic mass is 16.3. The average Bonchev–Trinajstić information content (AvgIpc) is 3.21. The molecule has 5 nitrogen and oxygen atoms in total. The lowest BCUT2D eigenvalue weighted by Gasteiger charge is -2.33. The van der Waals surface area contributed by atoms with Gasteiger partial charge in [-0.05, 0) is 56.0 Å². The lowest BCUT2D eigenvalue weighted by atomic mass is 9.97. The van der Waals surface area contributed by atoms with Crippen molar-refractivity contribution < 1.29 is 9.21 Å². The Balaban J connectivity index is 1.25. The number of anilines is 1. The fourth-order valence-corrected chi connectivity index (χ4v) is 4.34. The predicted octanol–water partition coefficient (Wildman–Crippen LogP) is 3.06. The maximum atomic E-state index is 12.7. The molecule has 1 fully saturated rings. The number of carbonyl (C=O) groups is 1. The lowest BCUT2D eigenvalue weighted by molar-refractivity contribution is -0.126. The first-order chi connectivity index (χ1) is 13.3. The van der Waals surface area contributed by atoms with Crippen molar-refractivity contribution in [1.29, 1.82) is 0 Å². The molecule has 4 rings (SSSR count). The van der Waals surface area contributed by atoms with Gasteiger partial charge in [-0.3, -0.25) is 9.69 Å². The van der Waals surface area contributed by atoms with Crippen molar-refractivity contribution in [3.8, 4) is 0 Å². The molecule has 0 spiro atoms. The molecule has 2 aliphatic rings. The molecular formula is C22H29N3O2.